The summed E-state index contributed by atoms with van der Waals surface area (Å²) in [6.45, 7) is 0. The van der Waals surface area contributed by atoms with Gasteiger partial charge in [0.25, 0.3) is 0 Å². The maximum Gasteiger partial charge on any atom is 0.305 e. The van der Waals surface area contributed by atoms with E-state index in [0.29, 0.717) is 7.11 Å². The molecule has 4 nitrogen and oxygen atoms in total. The van der Waals surface area contributed by atoms with Crippen LogP contribution in [0.5, 0.6) is 0 Å². The van der Waals surface area contributed by atoms with Crippen molar-refractivity contribution in [3.8, 4) is 0 Å². The summed E-state index contributed by atoms with van der Waals surface area (Å²) in [6.07, 6.45) is -45.3. The molecule has 0 spiro atoms. The highest BCUT2D eigenvalue weighted by Gasteiger charge is 1.99. The van der Waals surface area contributed by atoms with E-state index in [4.69, 9.17) is 32.5 Å². The van der Waals surface area contributed by atoms with E-state index in [1.54, 1.807) is 0 Å². The maximum atomic E-state index is 11.7. The Balaban J connectivity index is 7.22. The molecular weight excluding hydrogens is 220 g/mol. The summed E-state index contributed by atoms with van der Waals surface area (Å²) in [7, 11) is 0.554. The van der Waals surface area contributed by atoms with Crippen LogP contribution in [0.2, 0.25) is 0 Å². The van der Waals surface area contributed by atoms with Gasteiger partial charge in [-0.05, 0) is 12.7 Å². The van der Waals surface area contributed by atoms with Crippen LogP contribution in [-0.2, 0) is 14.3 Å². The normalized spacial score (nSPS) is 36.1. The molecule has 0 unspecified atom stereocenters. The van der Waals surface area contributed by atoms with Gasteiger partial charge < -0.3 is 9.84 Å². The molecule has 0 rings (SSSR count). The number of aliphatic carboxylic acids is 1. The van der Waals surface area contributed by atoms with Gasteiger partial charge in [-0.25, -0.2) is 0 Å². The van der Waals surface area contributed by atoms with Crippen LogP contribution in [0, 0.1) is 0 Å². The summed E-state index contributed by atoms with van der Waals surface area (Å²) in [4.78, 5) is 22.9. The van der Waals surface area contributed by atoms with Gasteiger partial charge in [0.15, 0.2) is 0 Å². The first-order valence-corrected chi connectivity index (χ1v) is 3.99. The molecule has 0 aromatic rings. The summed E-state index contributed by atoms with van der Waals surface area (Å²) in [5.41, 5.74) is 0. The third-order valence-corrected chi connectivity index (χ3v) is 0.957. The molecule has 1 N–H and O–H groups in total. The fraction of sp³-hybridized carbons (Fsp3) is 0.846. The molecule has 0 fully saturated rings. The molecule has 4 heteroatoms. The van der Waals surface area contributed by atoms with Crippen LogP contribution in [0.1, 0.15) is 91.1 Å². The van der Waals surface area contributed by atoms with Gasteiger partial charge in [-0.15, -0.1) is 0 Å². The Kier molecular flexibility index (Phi) is 1.96. The molecule has 0 heterocycles. The molecule has 0 bridgehead atoms. The molecule has 0 aliphatic carbocycles. The average Bonchev–Trinajstić information content (AvgIpc) is 2.71. The minimum Gasteiger partial charge on any atom is -0.481 e. The number of rotatable bonds is 11. The van der Waals surface area contributed by atoms with Crippen molar-refractivity contribution in [1.29, 1.82) is 0 Å². The predicted octanol–water partition coefficient (Wildman–Crippen LogP) is 3.15. The first-order valence-electron chi connectivity index (χ1n) is 14.0. The highest BCUT2D eigenvalue weighted by molar-refractivity contribution is 5.68. The predicted molar refractivity (Wildman–Crippen MR) is 65.8 cm³/mol. The van der Waals surface area contributed by atoms with Crippen LogP contribution in [0.4, 0.5) is 0 Å². The molecule has 0 aliphatic heterocycles. The fourth-order valence-corrected chi connectivity index (χ4v) is 0.406. The van der Waals surface area contributed by atoms with Gasteiger partial charge in [0, 0.05) is 40.2 Å². The van der Waals surface area contributed by atoms with Crippen LogP contribution < -0.4 is 0 Å². The molecule has 0 saturated carbocycles. The first kappa shape index (κ1) is 2.91. The lowest BCUT2D eigenvalue weighted by Crippen LogP contribution is -1.99. The highest BCUT2D eigenvalue weighted by Crippen LogP contribution is 2.10. The molecule has 0 aromatic heterocycles. The van der Waals surface area contributed by atoms with Gasteiger partial charge in [-0.2, -0.15) is 0 Å². The lowest BCUT2D eigenvalue weighted by molar-refractivity contribution is -0.141. The van der Waals surface area contributed by atoms with Crippen molar-refractivity contribution in [3.63, 3.8) is 0 Å². The lowest BCUT2D eigenvalue weighted by atomic mass is 10.1. The van der Waals surface area contributed by atoms with E-state index in [1.165, 1.54) is 0 Å². The Hall–Kier alpha value is -1.06. The van der Waals surface area contributed by atoms with Gasteiger partial charge in [-0.1, -0.05) is 38.2 Å². The van der Waals surface area contributed by atoms with Crippen molar-refractivity contribution < 1.29 is 46.8 Å². The summed E-state index contributed by atoms with van der Waals surface area (Å²) < 4.78 is 159. The number of carbonyl (C=O) groups is 2. The van der Waals surface area contributed by atoms with Gasteiger partial charge in [0.1, 0.15) is 0 Å². The van der Waals surface area contributed by atoms with Crippen LogP contribution in [0.25, 0.3) is 0 Å². The second kappa shape index (κ2) is 11.4. The van der Waals surface area contributed by atoms with Crippen molar-refractivity contribution >= 4 is 11.9 Å². The molecular formula is C13H24O4. The van der Waals surface area contributed by atoms with E-state index in [9.17, 15) is 9.59 Å². The number of methoxy groups -OCH3 is 1. The molecule has 0 aromatic carbocycles. The standard InChI is InChI=1S/C13H24O4/c1-17-13(16)11-9-7-5-3-2-4-6-8-10-12(14)15/h2-11H2,1H3,(H,14,15)/i2D2,3D2,4D2,5D2,6D2,7D2,8D2,9D2,10D2,11D2. The zero-order valence-corrected chi connectivity index (χ0v) is 8.67. The quantitative estimate of drug-likeness (QED) is 0.582. The van der Waals surface area contributed by atoms with Crippen LogP contribution in [0.3, 0.4) is 0 Å². The number of carboxylic acids is 1. The van der Waals surface area contributed by atoms with E-state index in [2.05, 4.69) is 4.74 Å². The number of carbonyl (C=O) groups excluding carboxylic acids is 1. The van der Waals surface area contributed by atoms with Crippen molar-refractivity contribution in [3.05, 3.63) is 0 Å². The van der Waals surface area contributed by atoms with Gasteiger partial charge >= 0.3 is 11.9 Å². The van der Waals surface area contributed by atoms with Crippen molar-refractivity contribution in [2.45, 2.75) is 63.7 Å². The second-order valence-corrected chi connectivity index (χ2v) is 2.05. The van der Waals surface area contributed by atoms with Gasteiger partial charge in [-0.3, -0.25) is 9.59 Å². The van der Waals surface area contributed by atoms with Crippen LogP contribution in [0.15, 0.2) is 0 Å². The summed E-state index contributed by atoms with van der Waals surface area (Å²) in [6, 6.07) is 0. The second-order valence-electron chi connectivity index (χ2n) is 2.05. The van der Waals surface area contributed by atoms with E-state index in [-0.39, 0.29) is 0 Å². The Morgan fingerprint density at radius 3 is 1.76 bits per heavy atom. The Labute approximate surface area is 131 Å². The van der Waals surface area contributed by atoms with Crippen molar-refractivity contribution in [2.75, 3.05) is 7.11 Å². The van der Waals surface area contributed by atoms with Crippen LogP contribution in [-0.4, -0.2) is 24.2 Å². The Morgan fingerprint density at radius 1 is 0.941 bits per heavy atom. The SMILES string of the molecule is [2H]C([2H])(C(=O)O)C([2H])([2H])C([2H])([2H])C([2H])([2H])C([2H])([2H])C([2H])([2H])C([2H])([2H])C([2H])([2H])C([2H])([2H])C([2H])([2H])C(=O)OC. The molecule has 100 valence electrons. The lowest BCUT2D eigenvalue weighted by Gasteiger charge is -2.01. The van der Waals surface area contributed by atoms with Gasteiger partial charge in [0.2, 0.25) is 0 Å². The molecule has 17 heavy (non-hydrogen) atoms. The van der Waals surface area contributed by atoms with Gasteiger partial charge in [0.05, 0.1) is 7.11 Å². The van der Waals surface area contributed by atoms with Crippen LogP contribution >= 0.6 is 0 Å². The number of carboxylic acid groups (broad SMARTS) is 1. The smallest absolute Gasteiger partial charge is 0.305 e. The van der Waals surface area contributed by atoms with Crippen molar-refractivity contribution in [1.82, 2.24) is 0 Å². The zero-order valence-electron chi connectivity index (χ0n) is 28.7. The van der Waals surface area contributed by atoms with E-state index in [1.807, 2.05) is 0 Å². The maximum absolute atomic E-state index is 11.7. The largest absolute Gasteiger partial charge is 0.481 e. The number of esters is 1. The molecule has 0 saturated heterocycles. The monoisotopic (exact) mass is 264 g/mol. The molecule has 0 atom stereocenters. The minimum atomic E-state index is -4.77. The fourth-order valence-electron chi connectivity index (χ4n) is 0.406. The molecule has 0 aliphatic rings. The number of ether oxygens (including phenoxy) is 1. The summed E-state index contributed by atoms with van der Waals surface area (Å²) >= 11 is 0. The van der Waals surface area contributed by atoms with E-state index < -0.39 is 75.7 Å². The topological polar surface area (TPSA) is 63.6 Å². The van der Waals surface area contributed by atoms with E-state index in [0.717, 1.165) is 0 Å². The molecule has 0 radical (unpaired) electrons. The minimum absolute atomic E-state index is 0.554. The summed E-state index contributed by atoms with van der Waals surface area (Å²) in [5.74, 6) is -4.75. The number of hydrogen-bond donors (Lipinski definition) is 1. The van der Waals surface area contributed by atoms with Crippen molar-refractivity contribution in [2.24, 2.45) is 0 Å². The highest BCUT2D eigenvalue weighted by atomic mass is 16.5. The third-order valence-electron chi connectivity index (χ3n) is 0.957. The zero-order chi connectivity index (χ0) is 30.9. The Morgan fingerprint density at radius 2 is 1.35 bits per heavy atom. The summed E-state index contributed by atoms with van der Waals surface area (Å²) in [5, 5.41) is 8.94. The Bertz CT molecular complexity index is 906. The van der Waals surface area contributed by atoms with E-state index >= 15 is 0 Å². The number of hydrogen-bond acceptors (Lipinski definition) is 3. The third kappa shape index (κ3) is 12.9. The average molecular weight is 264 g/mol. The first-order chi connectivity index (χ1) is 15.7. The molecule has 0 amide bonds.